The highest BCUT2D eigenvalue weighted by Gasteiger charge is 2.26. The van der Waals surface area contributed by atoms with E-state index in [2.05, 4.69) is 0 Å². The smallest absolute Gasteiger partial charge is 0.332 e. The van der Waals surface area contributed by atoms with Crippen LogP contribution in [0.3, 0.4) is 0 Å². The lowest BCUT2D eigenvalue weighted by molar-refractivity contribution is 0.354. The Bertz CT molecular complexity index is 90.6. The molecule has 0 aliphatic carbocycles. The summed E-state index contributed by atoms with van der Waals surface area (Å²) in [6.45, 7) is 1.05. The largest absolute Gasteiger partial charge is 0.411 e. The molecule has 0 atom stereocenters. The maximum absolute atomic E-state index is 9.36. The molecule has 0 heterocycles. The Morgan fingerprint density at radius 3 is 1.55 bits per heavy atom. The summed E-state index contributed by atoms with van der Waals surface area (Å²) < 4.78 is 0. The standard InChI is InChI=1S/C6H18N2O2Si/c7-3-1-5-11(9,10)6-2-4-8/h9-10H,1-8H2. The second-order valence-electron chi connectivity index (χ2n) is 2.77. The van der Waals surface area contributed by atoms with Crippen LogP contribution in [0.15, 0.2) is 0 Å². The molecular weight excluding hydrogens is 160 g/mol. The Morgan fingerprint density at radius 1 is 0.909 bits per heavy atom. The SMILES string of the molecule is NCCC[Si](O)(O)CCCN. The molecular formula is C6H18N2O2Si. The van der Waals surface area contributed by atoms with Crippen LogP contribution in [0.2, 0.25) is 12.1 Å². The summed E-state index contributed by atoms with van der Waals surface area (Å²) in [5.74, 6) is 0. The van der Waals surface area contributed by atoms with E-state index in [0.717, 1.165) is 0 Å². The predicted molar refractivity (Wildman–Crippen MR) is 47.1 cm³/mol. The highest BCUT2D eigenvalue weighted by atomic mass is 28.4. The van der Waals surface area contributed by atoms with Gasteiger partial charge < -0.3 is 21.1 Å². The first-order valence-electron chi connectivity index (χ1n) is 3.97. The van der Waals surface area contributed by atoms with E-state index < -0.39 is 8.56 Å². The van der Waals surface area contributed by atoms with Gasteiger partial charge in [0.15, 0.2) is 0 Å². The Balaban J connectivity index is 3.43. The van der Waals surface area contributed by atoms with Crippen molar-refractivity contribution in [2.75, 3.05) is 13.1 Å². The zero-order chi connectivity index (χ0) is 8.74. The Labute approximate surface area is 68.5 Å². The second-order valence-corrected chi connectivity index (χ2v) is 5.73. The van der Waals surface area contributed by atoms with Gasteiger partial charge in [-0.15, -0.1) is 0 Å². The summed E-state index contributed by atoms with van der Waals surface area (Å²) in [6.07, 6.45) is 1.40. The molecule has 0 saturated carbocycles. The first kappa shape index (κ1) is 11.1. The van der Waals surface area contributed by atoms with Gasteiger partial charge in [-0.1, -0.05) is 0 Å². The average molecular weight is 178 g/mol. The highest BCUT2D eigenvalue weighted by molar-refractivity contribution is 6.64. The van der Waals surface area contributed by atoms with Crippen LogP contribution in [0.25, 0.3) is 0 Å². The van der Waals surface area contributed by atoms with Crippen LogP contribution < -0.4 is 11.5 Å². The molecule has 0 rings (SSSR count). The number of hydrogen-bond acceptors (Lipinski definition) is 4. The summed E-state index contributed by atoms with van der Waals surface area (Å²) in [4.78, 5) is 18.7. The topological polar surface area (TPSA) is 92.5 Å². The number of hydrogen-bond donors (Lipinski definition) is 4. The minimum Gasteiger partial charge on any atom is -0.411 e. The van der Waals surface area contributed by atoms with Crippen LogP contribution in [-0.4, -0.2) is 31.2 Å². The van der Waals surface area contributed by atoms with Gasteiger partial charge in [-0.2, -0.15) is 0 Å². The van der Waals surface area contributed by atoms with E-state index in [4.69, 9.17) is 11.5 Å². The summed E-state index contributed by atoms with van der Waals surface area (Å²) in [5.41, 5.74) is 10.5. The van der Waals surface area contributed by atoms with E-state index >= 15 is 0 Å². The lowest BCUT2D eigenvalue weighted by atomic mass is 10.5. The third kappa shape index (κ3) is 6.45. The summed E-state index contributed by atoms with van der Waals surface area (Å²) in [5, 5.41) is 0. The molecule has 0 bridgehead atoms. The Hall–Kier alpha value is 0.0569. The van der Waals surface area contributed by atoms with Crippen molar-refractivity contribution in [1.82, 2.24) is 0 Å². The monoisotopic (exact) mass is 178 g/mol. The van der Waals surface area contributed by atoms with E-state index in [0.29, 0.717) is 38.0 Å². The summed E-state index contributed by atoms with van der Waals surface area (Å²) in [6, 6.07) is 0.951. The van der Waals surface area contributed by atoms with Crippen molar-refractivity contribution in [2.45, 2.75) is 24.9 Å². The van der Waals surface area contributed by atoms with E-state index in [1.165, 1.54) is 0 Å². The first-order valence-corrected chi connectivity index (χ1v) is 6.28. The normalized spacial score (nSPS) is 12.0. The molecule has 4 nitrogen and oxygen atoms in total. The quantitative estimate of drug-likeness (QED) is 0.397. The molecule has 0 radical (unpaired) electrons. The van der Waals surface area contributed by atoms with E-state index in [1.807, 2.05) is 0 Å². The third-order valence-corrected chi connectivity index (χ3v) is 3.87. The third-order valence-electron chi connectivity index (χ3n) is 1.56. The molecule has 0 aliphatic rings. The maximum atomic E-state index is 9.36. The van der Waals surface area contributed by atoms with Crippen LogP contribution in [0.4, 0.5) is 0 Å². The fraction of sp³-hybridized carbons (Fsp3) is 1.00. The van der Waals surface area contributed by atoms with Gasteiger partial charge in [0.05, 0.1) is 0 Å². The van der Waals surface area contributed by atoms with Gasteiger partial charge in [-0.05, 0) is 38.0 Å². The Morgan fingerprint density at radius 2 is 1.27 bits per heavy atom. The highest BCUT2D eigenvalue weighted by Crippen LogP contribution is 2.11. The molecule has 0 saturated heterocycles. The van der Waals surface area contributed by atoms with Crippen LogP contribution >= 0.6 is 0 Å². The molecule has 0 aromatic carbocycles. The fourth-order valence-corrected chi connectivity index (χ4v) is 2.69. The molecule has 6 N–H and O–H groups in total. The van der Waals surface area contributed by atoms with Gasteiger partial charge in [-0.25, -0.2) is 0 Å². The first-order chi connectivity index (χ1) is 5.12. The molecule has 0 unspecified atom stereocenters. The molecule has 0 spiro atoms. The number of rotatable bonds is 6. The average Bonchev–Trinajstić information content (AvgIpc) is 1.97. The fourth-order valence-electron chi connectivity index (χ4n) is 0.895. The molecule has 0 aromatic heterocycles. The molecule has 0 aliphatic heterocycles. The predicted octanol–water partition coefficient (Wildman–Crippen LogP) is -0.889. The molecule has 0 aromatic rings. The van der Waals surface area contributed by atoms with Crippen molar-refractivity contribution in [3.8, 4) is 0 Å². The zero-order valence-corrected chi connectivity index (χ0v) is 7.79. The molecule has 0 amide bonds. The van der Waals surface area contributed by atoms with Crippen LogP contribution in [0.1, 0.15) is 12.8 Å². The summed E-state index contributed by atoms with van der Waals surface area (Å²) >= 11 is 0. The van der Waals surface area contributed by atoms with Gasteiger partial charge in [0.2, 0.25) is 0 Å². The van der Waals surface area contributed by atoms with Crippen molar-refractivity contribution in [3.63, 3.8) is 0 Å². The van der Waals surface area contributed by atoms with Crippen molar-refractivity contribution >= 4 is 8.56 Å². The van der Waals surface area contributed by atoms with Gasteiger partial charge in [0.25, 0.3) is 0 Å². The van der Waals surface area contributed by atoms with Crippen LogP contribution in [0.5, 0.6) is 0 Å². The van der Waals surface area contributed by atoms with E-state index in [9.17, 15) is 9.59 Å². The lowest BCUT2D eigenvalue weighted by Gasteiger charge is -2.16. The van der Waals surface area contributed by atoms with E-state index in [1.54, 1.807) is 0 Å². The van der Waals surface area contributed by atoms with Crippen molar-refractivity contribution in [3.05, 3.63) is 0 Å². The van der Waals surface area contributed by atoms with Gasteiger partial charge >= 0.3 is 8.56 Å². The van der Waals surface area contributed by atoms with Crippen LogP contribution in [0, 0.1) is 0 Å². The maximum Gasteiger partial charge on any atom is 0.332 e. The molecule has 68 valence electrons. The minimum absolute atomic E-state index is 0.476. The van der Waals surface area contributed by atoms with Crippen molar-refractivity contribution in [1.29, 1.82) is 0 Å². The van der Waals surface area contributed by atoms with Gasteiger partial charge in [-0.3, -0.25) is 0 Å². The summed E-state index contributed by atoms with van der Waals surface area (Å²) in [7, 11) is -2.91. The lowest BCUT2D eigenvalue weighted by Crippen LogP contribution is -2.35. The van der Waals surface area contributed by atoms with Crippen molar-refractivity contribution in [2.24, 2.45) is 11.5 Å². The number of nitrogens with two attached hydrogens (primary N) is 2. The van der Waals surface area contributed by atoms with Gasteiger partial charge in [0, 0.05) is 0 Å². The molecule has 0 fully saturated rings. The molecule has 5 heteroatoms. The van der Waals surface area contributed by atoms with Gasteiger partial charge in [0.1, 0.15) is 0 Å². The van der Waals surface area contributed by atoms with Crippen molar-refractivity contribution < 1.29 is 9.59 Å². The molecule has 11 heavy (non-hydrogen) atoms. The second kappa shape index (κ2) is 5.67. The van der Waals surface area contributed by atoms with E-state index in [-0.39, 0.29) is 0 Å². The minimum atomic E-state index is -2.91. The Kier molecular flexibility index (Phi) is 5.70. The zero-order valence-electron chi connectivity index (χ0n) is 6.79. The van der Waals surface area contributed by atoms with Crippen LogP contribution in [-0.2, 0) is 0 Å².